The van der Waals surface area contributed by atoms with Crippen molar-refractivity contribution in [3.63, 3.8) is 0 Å². The Kier molecular flexibility index (Phi) is 3.00. The van der Waals surface area contributed by atoms with Gasteiger partial charge in [-0.25, -0.2) is 0 Å². The van der Waals surface area contributed by atoms with E-state index in [4.69, 9.17) is 0 Å². The molecular formula is C14H19N5O2. The number of aryl methyl sites for hydroxylation is 1. The van der Waals surface area contributed by atoms with Crippen molar-refractivity contribution in [2.24, 2.45) is 7.05 Å². The summed E-state index contributed by atoms with van der Waals surface area (Å²) >= 11 is 0. The first-order valence-electron chi connectivity index (χ1n) is 7.03. The molecule has 0 aliphatic carbocycles. The fourth-order valence-electron chi connectivity index (χ4n) is 2.89. The summed E-state index contributed by atoms with van der Waals surface area (Å²) in [5.41, 5.74) is 2.38. The zero-order valence-electron chi connectivity index (χ0n) is 12.6. The van der Waals surface area contributed by atoms with Crippen LogP contribution in [0.25, 0.3) is 0 Å². The summed E-state index contributed by atoms with van der Waals surface area (Å²) < 4.78 is 3.47. The third-order valence-electron chi connectivity index (χ3n) is 4.12. The Bertz CT molecular complexity index is 765. The van der Waals surface area contributed by atoms with Gasteiger partial charge in [0.15, 0.2) is 0 Å². The van der Waals surface area contributed by atoms with Gasteiger partial charge < -0.3 is 5.32 Å². The van der Waals surface area contributed by atoms with Crippen molar-refractivity contribution in [2.75, 3.05) is 5.32 Å². The molecular weight excluding hydrogens is 270 g/mol. The topological polar surface area (TPSA) is 84.7 Å². The molecule has 0 bridgehead atoms. The van der Waals surface area contributed by atoms with Crippen LogP contribution in [-0.2, 0) is 11.8 Å². The molecule has 1 aliphatic heterocycles. The predicted molar refractivity (Wildman–Crippen MR) is 78.5 cm³/mol. The summed E-state index contributed by atoms with van der Waals surface area (Å²) in [6.07, 6.45) is 2.01. The number of amides is 1. The Morgan fingerprint density at radius 2 is 2.10 bits per heavy atom. The summed E-state index contributed by atoms with van der Waals surface area (Å²) in [6.45, 7) is 5.87. The van der Waals surface area contributed by atoms with E-state index >= 15 is 0 Å². The molecule has 0 radical (unpaired) electrons. The molecule has 7 heteroatoms. The van der Waals surface area contributed by atoms with Crippen molar-refractivity contribution in [1.82, 2.24) is 19.6 Å². The molecule has 2 aromatic rings. The first kappa shape index (κ1) is 13.7. The smallest absolute Gasteiger partial charge is 0.270 e. The van der Waals surface area contributed by atoms with Gasteiger partial charge in [0.1, 0.15) is 5.82 Å². The van der Waals surface area contributed by atoms with Crippen LogP contribution in [0.1, 0.15) is 49.0 Å². The molecule has 7 nitrogen and oxygen atoms in total. The number of hydrogen-bond donors (Lipinski definition) is 2. The summed E-state index contributed by atoms with van der Waals surface area (Å²) in [5.74, 6) is 0.259. The van der Waals surface area contributed by atoms with Gasteiger partial charge in [-0.05, 0) is 20.8 Å². The number of H-pyrrole nitrogens is 1. The Balaban J connectivity index is 2.21. The first-order valence-corrected chi connectivity index (χ1v) is 7.03. The molecule has 0 fully saturated rings. The van der Waals surface area contributed by atoms with Gasteiger partial charge in [0.2, 0.25) is 5.91 Å². The van der Waals surface area contributed by atoms with Crippen LogP contribution in [0.5, 0.6) is 0 Å². The van der Waals surface area contributed by atoms with Gasteiger partial charge in [-0.15, -0.1) is 0 Å². The van der Waals surface area contributed by atoms with Crippen LogP contribution in [0.4, 0.5) is 5.82 Å². The van der Waals surface area contributed by atoms with E-state index in [1.807, 2.05) is 27.8 Å². The summed E-state index contributed by atoms with van der Waals surface area (Å²) in [5, 5.41) is 9.87. The minimum Gasteiger partial charge on any atom is -0.311 e. The molecule has 2 N–H and O–H groups in total. The molecule has 0 saturated carbocycles. The molecule has 21 heavy (non-hydrogen) atoms. The largest absolute Gasteiger partial charge is 0.311 e. The fraction of sp³-hybridized carbons (Fsp3) is 0.500. The number of aromatic amines is 1. The quantitative estimate of drug-likeness (QED) is 0.873. The highest BCUT2D eigenvalue weighted by molar-refractivity contribution is 5.94. The van der Waals surface area contributed by atoms with Gasteiger partial charge in [-0.3, -0.25) is 24.1 Å². The van der Waals surface area contributed by atoms with Crippen LogP contribution < -0.4 is 10.9 Å². The van der Waals surface area contributed by atoms with E-state index in [1.54, 1.807) is 15.6 Å². The van der Waals surface area contributed by atoms with Gasteiger partial charge in [0, 0.05) is 36.7 Å². The Labute approximate surface area is 121 Å². The monoisotopic (exact) mass is 289 g/mol. The van der Waals surface area contributed by atoms with E-state index in [0.717, 1.165) is 11.3 Å². The summed E-state index contributed by atoms with van der Waals surface area (Å²) in [6, 6.07) is 0.0653. The highest BCUT2D eigenvalue weighted by atomic mass is 16.2. The van der Waals surface area contributed by atoms with Gasteiger partial charge >= 0.3 is 0 Å². The second-order valence-electron chi connectivity index (χ2n) is 5.78. The van der Waals surface area contributed by atoms with Crippen LogP contribution >= 0.6 is 0 Å². The first-order chi connectivity index (χ1) is 9.90. The number of carbonyl (C=O) groups excluding carboxylic acids is 1. The average molecular weight is 289 g/mol. The average Bonchev–Trinajstić information content (AvgIpc) is 2.91. The van der Waals surface area contributed by atoms with Crippen LogP contribution in [0, 0.1) is 6.92 Å². The maximum absolute atomic E-state index is 12.3. The maximum Gasteiger partial charge on any atom is 0.270 e. The zero-order valence-corrected chi connectivity index (χ0v) is 12.6. The third-order valence-corrected chi connectivity index (χ3v) is 4.12. The lowest BCUT2D eigenvalue weighted by Crippen LogP contribution is -2.27. The Morgan fingerprint density at radius 1 is 1.38 bits per heavy atom. The molecule has 2 aromatic heterocycles. The minimum absolute atomic E-state index is 0.0653. The van der Waals surface area contributed by atoms with Crippen molar-refractivity contribution in [2.45, 2.75) is 39.2 Å². The molecule has 0 aromatic carbocycles. The van der Waals surface area contributed by atoms with Crippen molar-refractivity contribution in [3.05, 3.63) is 33.4 Å². The normalized spacial score (nSPS) is 18.0. The lowest BCUT2D eigenvalue weighted by atomic mass is 9.87. The second-order valence-corrected chi connectivity index (χ2v) is 5.78. The Morgan fingerprint density at radius 3 is 2.67 bits per heavy atom. The van der Waals surface area contributed by atoms with Crippen molar-refractivity contribution in [3.8, 4) is 0 Å². The van der Waals surface area contributed by atoms with E-state index in [1.165, 1.54) is 0 Å². The van der Waals surface area contributed by atoms with Crippen LogP contribution in [0.3, 0.4) is 0 Å². The molecule has 0 spiro atoms. The molecule has 3 heterocycles. The lowest BCUT2D eigenvalue weighted by molar-refractivity contribution is -0.116. The highest BCUT2D eigenvalue weighted by Gasteiger charge is 2.34. The molecule has 1 amide bonds. The van der Waals surface area contributed by atoms with Gasteiger partial charge in [-0.2, -0.15) is 5.10 Å². The molecule has 3 rings (SSSR count). The number of nitrogens with one attached hydrogen (secondary N) is 2. The number of aromatic nitrogens is 4. The molecule has 112 valence electrons. The lowest BCUT2D eigenvalue weighted by Gasteiger charge is -2.23. The molecule has 1 aliphatic rings. The van der Waals surface area contributed by atoms with Crippen molar-refractivity contribution in [1.29, 1.82) is 0 Å². The standard InChI is InChI=1S/C14H19N5O2/c1-7(2)19-13-12(14(21)17-19)9(5-11(20)16-13)10-6-15-18(4)8(10)3/h6-7,9H,5H2,1-4H3,(H,16,20)(H,17,21)/t9-/m0/s1. The van der Waals surface area contributed by atoms with E-state index in [0.29, 0.717) is 11.4 Å². The van der Waals surface area contributed by atoms with Gasteiger partial charge in [-0.1, -0.05) is 0 Å². The zero-order chi connectivity index (χ0) is 15.3. The molecule has 0 unspecified atom stereocenters. The predicted octanol–water partition coefficient (Wildman–Crippen LogP) is 1.27. The van der Waals surface area contributed by atoms with E-state index < -0.39 is 0 Å². The second kappa shape index (κ2) is 4.61. The highest BCUT2D eigenvalue weighted by Crippen LogP contribution is 2.36. The Hall–Kier alpha value is -2.31. The minimum atomic E-state index is -0.244. The van der Waals surface area contributed by atoms with Crippen LogP contribution in [0.15, 0.2) is 11.0 Å². The van der Waals surface area contributed by atoms with Crippen molar-refractivity contribution >= 4 is 11.7 Å². The van der Waals surface area contributed by atoms with Crippen LogP contribution in [0.2, 0.25) is 0 Å². The number of nitrogens with zero attached hydrogens (tertiary/aromatic N) is 3. The molecule has 1 atom stereocenters. The number of rotatable bonds is 2. The number of carbonyl (C=O) groups is 1. The van der Waals surface area contributed by atoms with E-state index in [-0.39, 0.29) is 29.8 Å². The van der Waals surface area contributed by atoms with Gasteiger partial charge in [0.05, 0.1) is 11.8 Å². The number of fused-ring (bicyclic) bond motifs is 1. The van der Waals surface area contributed by atoms with Crippen molar-refractivity contribution < 1.29 is 4.79 Å². The summed E-state index contributed by atoms with van der Waals surface area (Å²) in [7, 11) is 1.85. The van der Waals surface area contributed by atoms with Gasteiger partial charge in [0.25, 0.3) is 5.56 Å². The number of anilines is 1. The third kappa shape index (κ3) is 2.00. The number of hydrogen-bond acceptors (Lipinski definition) is 3. The maximum atomic E-state index is 12.3. The molecule has 0 saturated heterocycles. The van der Waals surface area contributed by atoms with E-state index in [2.05, 4.69) is 15.5 Å². The SMILES string of the molecule is Cc1c([C@@H]2CC(=O)Nc3c2c(=O)[nH]n3C(C)C)cnn1C. The summed E-state index contributed by atoms with van der Waals surface area (Å²) in [4.78, 5) is 24.4. The van der Waals surface area contributed by atoms with E-state index in [9.17, 15) is 9.59 Å². The fourth-order valence-corrected chi connectivity index (χ4v) is 2.89. The van der Waals surface area contributed by atoms with Crippen LogP contribution in [-0.4, -0.2) is 25.5 Å².